The highest BCUT2D eigenvalue weighted by molar-refractivity contribution is 7.15. The lowest BCUT2D eigenvalue weighted by molar-refractivity contribution is -0.136. The first-order valence-corrected chi connectivity index (χ1v) is 10.1. The maximum absolute atomic E-state index is 12.0. The van der Waals surface area contributed by atoms with Gasteiger partial charge in [0.1, 0.15) is 5.01 Å². The lowest BCUT2D eigenvalue weighted by atomic mass is 9.90. The van der Waals surface area contributed by atoms with Crippen molar-refractivity contribution in [2.75, 3.05) is 18.5 Å². The average Bonchev–Trinajstić information content (AvgIpc) is 3.04. The topological polar surface area (TPSA) is 93.2 Å². The van der Waals surface area contributed by atoms with Crippen LogP contribution in [-0.4, -0.2) is 41.3 Å². The van der Waals surface area contributed by atoms with Crippen LogP contribution in [0.1, 0.15) is 64.8 Å². The number of amides is 2. The molecule has 1 fully saturated rings. The van der Waals surface area contributed by atoms with Crippen molar-refractivity contribution in [3.8, 4) is 0 Å². The van der Waals surface area contributed by atoms with E-state index in [2.05, 4.69) is 20.8 Å². The number of hydrogen-bond donors (Lipinski definition) is 2. The molecule has 2 rings (SSSR count). The smallest absolute Gasteiger partial charge is 0.315 e. The summed E-state index contributed by atoms with van der Waals surface area (Å²) in [6.45, 7) is 9.01. The molecule has 1 heterocycles. The van der Waals surface area contributed by atoms with Gasteiger partial charge in [-0.3, -0.25) is 14.9 Å². The first kappa shape index (κ1) is 20.8. The Balaban J connectivity index is 1.70. The van der Waals surface area contributed by atoms with Gasteiger partial charge in [0.05, 0.1) is 6.61 Å². The third kappa shape index (κ3) is 6.64. The van der Waals surface area contributed by atoms with Crippen LogP contribution < -0.4 is 10.6 Å². The van der Waals surface area contributed by atoms with Crippen molar-refractivity contribution in [2.24, 2.45) is 5.92 Å². The highest BCUT2D eigenvalue weighted by Crippen LogP contribution is 2.27. The fraction of sp³-hybridized carbons (Fsp3) is 0.778. The van der Waals surface area contributed by atoms with Crippen LogP contribution in [0.4, 0.5) is 5.13 Å². The van der Waals surface area contributed by atoms with Crippen LogP contribution in [0.25, 0.3) is 0 Å². The fourth-order valence-corrected chi connectivity index (χ4v) is 3.62. The number of nitrogens with one attached hydrogen (secondary N) is 2. The summed E-state index contributed by atoms with van der Waals surface area (Å²) in [5, 5.41) is 14.3. The van der Waals surface area contributed by atoms with E-state index >= 15 is 0 Å². The van der Waals surface area contributed by atoms with Gasteiger partial charge in [0.15, 0.2) is 0 Å². The van der Waals surface area contributed by atoms with Crippen molar-refractivity contribution in [1.29, 1.82) is 0 Å². The Morgan fingerprint density at radius 2 is 1.88 bits per heavy atom. The zero-order chi connectivity index (χ0) is 19.2. The molecule has 1 unspecified atom stereocenters. The maximum atomic E-state index is 12.0. The number of hydrogen-bond acceptors (Lipinski definition) is 6. The van der Waals surface area contributed by atoms with Crippen molar-refractivity contribution < 1.29 is 14.3 Å². The Bertz CT molecular complexity index is 606. The molecular formula is C18H30N4O3S. The van der Waals surface area contributed by atoms with Crippen LogP contribution >= 0.6 is 11.3 Å². The summed E-state index contributed by atoms with van der Waals surface area (Å²) in [6, 6.07) is -0.226. The standard InChI is InChI=1S/C18H30N4O3S/c1-12(10-25-11-13-8-6-5-7-9-13)19-14(23)15(24)20-17-22-21-16(26-17)18(2,3)4/h12-13H,5-11H2,1-4H3,(H,19,23)(H,20,22,24). The van der Waals surface area contributed by atoms with Gasteiger partial charge in [-0.25, -0.2) is 0 Å². The summed E-state index contributed by atoms with van der Waals surface area (Å²) in [5.74, 6) is -0.795. The molecule has 2 amide bonds. The van der Waals surface area contributed by atoms with Crippen molar-refractivity contribution >= 4 is 28.3 Å². The highest BCUT2D eigenvalue weighted by Gasteiger charge is 2.22. The summed E-state index contributed by atoms with van der Waals surface area (Å²) < 4.78 is 5.71. The number of carbonyl (C=O) groups excluding carboxylic acids is 2. The van der Waals surface area contributed by atoms with Crippen molar-refractivity contribution in [1.82, 2.24) is 15.5 Å². The molecule has 0 bridgehead atoms. The zero-order valence-electron chi connectivity index (χ0n) is 16.1. The number of ether oxygens (including phenoxy) is 1. The van der Waals surface area contributed by atoms with E-state index in [0.717, 1.165) is 11.6 Å². The molecular weight excluding hydrogens is 352 g/mol. The second-order valence-corrected chi connectivity index (χ2v) is 9.01. The van der Waals surface area contributed by atoms with Gasteiger partial charge in [-0.15, -0.1) is 10.2 Å². The molecule has 2 N–H and O–H groups in total. The predicted octanol–water partition coefficient (Wildman–Crippen LogP) is 2.88. The van der Waals surface area contributed by atoms with Gasteiger partial charge in [0.2, 0.25) is 5.13 Å². The van der Waals surface area contributed by atoms with E-state index in [0.29, 0.717) is 17.7 Å². The van der Waals surface area contributed by atoms with Crippen molar-refractivity contribution in [3.05, 3.63) is 5.01 Å². The Kier molecular flexibility index (Phi) is 7.52. The molecule has 146 valence electrons. The van der Waals surface area contributed by atoms with Crippen LogP contribution in [-0.2, 0) is 19.7 Å². The molecule has 1 aliphatic carbocycles. The first-order chi connectivity index (χ1) is 12.3. The van der Waals surface area contributed by atoms with E-state index in [-0.39, 0.29) is 11.5 Å². The molecule has 8 heteroatoms. The largest absolute Gasteiger partial charge is 0.379 e. The molecule has 26 heavy (non-hydrogen) atoms. The summed E-state index contributed by atoms with van der Waals surface area (Å²) in [4.78, 5) is 24.0. The molecule has 0 radical (unpaired) electrons. The Morgan fingerprint density at radius 1 is 1.19 bits per heavy atom. The van der Waals surface area contributed by atoms with Gasteiger partial charge in [-0.2, -0.15) is 0 Å². The number of carbonyl (C=O) groups is 2. The molecule has 1 aliphatic rings. The number of anilines is 1. The number of rotatable bonds is 6. The van der Waals surface area contributed by atoms with E-state index in [1.807, 2.05) is 27.7 Å². The average molecular weight is 383 g/mol. The van der Waals surface area contributed by atoms with Crippen LogP contribution in [0.2, 0.25) is 0 Å². The van der Waals surface area contributed by atoms with Gasteiger partial charge in [0.25, 0.3) is 0 Å². The van der Waals surface area contributed by atoms with E-state index in [1.54, 1.807) is 0 Å². The van der Waals surface area contributed by atoms with Crippen LogP contribution in [0, 0.1) is 5.92 Å². The summed E-state index contributed by atoms with van der Waals surface area (Å²) in [5.41, 5.74) is -0.146. The maximum Gasteiger partial charge on any atom is 0.315 e. The quantitative estimate of drug-likeness (QED) is 0.738. The van der Waals surface area contributed by atoms with Gasteiger partial charge in [0, 0.05) is 18.1 Å². The van der Waals surface area contributed by atoms with E-state index in [4.69, 9.17) is 4.74 Å². The lowest BCUT2D eigenvalue weighted by Crippen LogP contribution is -2.42. The van der Waals surface area contributed by atoms with E-state index in [1.165, 1.54) is 43.4 Å². The minimum Gasteiger partial charge on any atom is -0.379 e. The normalized spacial score (nSPS) is 16.9. The molecule has 0 aliphatic heterocycles. The molecule has 1 atom stereocenters. The Morgan fingerprint density at radius 3 is 2.50 bits per heavy atom. The Hall–Kier alpha value is -1.54. The van der Waals surface area contributed by atoms with Gasteiger partial charge >= 0.3 is 11.8 Å². The first-order valence-electron chi connectivity index (χ1n) is 9.29. The monoisotopic (exact) mass is 382 g/mol. The predicted molar refractivity (Wildman–Crippen MR) is 102 cm³/mol. The van der Waals surface area contributed by atoms with Crippen LogP contribution in [0.3, 0.4) is 0 Å². The fourth-order valence-electron chi connectivity index (χ4n) is 2.83. The number of nitrogens with zero attached hydrogens (tertiary/aromatic N) is 2. The Labute approximate surface area is 159 Å². The van der Waals surface area contributed by atoms with Crippen LogP contribution in [0.15, 0.2) is 0 Å². The SMILES string of the molecule is CC(COCC1CCCCC1)NC(=O)C(=O)Nc1nnc(C(C)(C)C)s1. The highest BCUT2D eigenvalue weighted by atomic mass is 32.1. The van der Waals surface area contributed by atoms with Crippen LogP contribution in [0.5, 0.6) is 0 Å². The van der Waals surface area contributed by atoms with Crippen molar-refractivity contribution in [2.45, 2.75) is 71.3 Å². The van der Waals surface area contributed by atoms with Gasteiger partial charge in [-0.1, -0.05) is 51.4 Å². The molecule has 7 nitrogen and oxygen atoms in total. The van der Waals surface area contributed by atoms with Gasteiger partial charge in [-0.05, 0) is 25.7 Å². The lowest BCUT2D eigenvalue weighted by Gasteiger charge is -2.22. The zero-order valence-corrected chi connectivity index (χ0v) is 16.9. The number of aromatic nitrogens is 2. The van der Waals surface area contributed by atoms with E-state index in [9.17, 15) is 9.59 Å². The molecule has 1 saturated carbocycles. The molecule has 1 aromatic heterocycles. The van der Waals surface area contributed by atoms with Gasteiger partial charge < -0.3 is 10.1 Å². The second-order valence-electron chi connectivity index (χ2n) is 8.03. The second kappa shape index (κ2) is 9.41. The van der Waals surface area contributed by atoms with Crippen molar-refractivity contribution in [3.63, 3.8) is 0 Å². The molecule has 0 saturated heterocycles. The third-order valence-electron chi connectivity index (χ3n) is 4.32. The minimum atomic E-state index is -0.735. The molecule has 0 spiro atoms. The summed E-state index contributed by atoms with van der Waals surface area (Å²) in [6.07, 6.45) is 6.33. The van der Waals surface area contributed by atoms with E-state index < -0.39 is 11.8 Å². The molecule has 0 aromatic carbocycles. The molecule has 1 aromatic rings. The summed E-state index contributed by atoms with van der Waals surface area (Å²) in [7, 11) is 0. The summed E-state index contributed by atoms with van der Waals surface area (Å²) >= 11 is 1.28. The minimum absolute atomic E-state index is 0.146. The third-order valence-corrected chi connectivity index (χ3v) is 5.58.